The maximum Gasteiger partial charge on any atom is 0.326 e. The first-order valence-electron chi connectivity index (χ1n) is 5.50. The molecule has 0 saturated carbocycles. The Hall–Kier alpha value is -0.914. The van der Waals surface area contributed by atoms with Crippen LogP contribution in [-0.4, -0.2) is 47.4 Å². The van der Waals surface area contributed by atoms with Crippen LogP contribution in [0, 0.1) is 38.6 Å². The molecule has 0 saturated heterocycles. The molecule has 0 heterocycles. The fraction of sp³-hybridized carbons (Fsp3) is 0.600. The molecule has 0 amide bonds. The van der Waals surface area contributed by atoms with E-state index < -0.39 is 23.9 Å². The molecule has 123 valence electrons. The Morgan fingerprint density at radius 1 is 0.619 bits per heavy atom. The fourth-order valence-corrected chi connectivity index (χ4v) is 0.957. The van der Waals surface area contributed by atoms with Crippen LogP contribution in [0.2, 0.25) is 0 Å². The molecule has 0 spiro atoms. The van der Waals surface area contributed by atoms with E-state index in [1.165, 1.54) is 0 Å². The van der Waals surface area contributed by atoms with Gasteiger partial charge >= 0.3 is 23.9 Å². The van der Waals surface area contributed by atoms with Gasteiger partial charge in [0.1, 0.15) is 0 Å². The van der Waals surface area contributed by atoms with Gasteiger partial charge in [-0.25, -0.2) is 0 Å². The second kappa shape index (κ2) is 11.7. The van der Waals surface area contributed by atoms with Crippen LogP contribution in [0.15, 0.2) is 0 Å². The van der Waals surface area contributed by atoms with Crippen molar-refractivity contribution < 1.29 is 77.1 Å². The molecule has 0 atom stereocenters. The molecule has 11 heteroatoms. The first-order chi connectivity index (χ1) is 9.20. The van der Waals surface area contributed by atoms with Crippen LogP contribution in [0.3, 0.4) is 0 Å². The maximum absolute atomic E-state index is 10.8. The molecule has 0 aromatic heterocycles. The largest absolute Gasteiger partial charge is 0.333 e. The van der Waals surface area contributed by atoms with Crippen molar-refractivity contribution in [2.45, 2.75) is 27.7 Å². The topological polar surface area (TPSA) is 112 Å². The van der Waals surface area contributed by atoms with Crippen molar-refractivity contribution in [3.05, 3.63) is 0 Å². The van der Waals surface area contributed by atoms with Gasteiger partial charge in [0.15, 0.2) is 0 Å². The van der Waals surface area contributed by atoms with E-state index in [9.17, 15) is 19.2 Å². The van der Waals surface area contributed by atoms with Gasteiger partial charge < -0.3 is 19.4 Å². The van der Waals surface area contributed by atoms with Gasteiger partial charge in [0, 0.05) is 76.8 Å². The van der Waals surface area contributed by atoms with Crippen molar-refractivity contribution in [3.63, 3.8) is 0 Å². The molecular weight excluding hydrogens is 435 g/mol. The Morgan fingerprint density at radius 2 is 0.810 bits per heavy atom. The minimum absolute atomic E-state index is 0. The van der Waals surface area contributed by atoms with E-state index in [4.69, 9.17) is 0 Å². The van der Waals surface area contributed by atoms with E-state index in [2.05, 4.69) is 19.4 Å². The molecule has 0 N–H and O–H groups in total. The maximum atomic E-state index is 10.8. The molecule has 0 aliphatic rings. The van der Waals surface area contributed by atoms with Crippen molar-refractivity contribution in [1.29, 1.82) is 0 Å². The van der Waals surface area contributed by atoms with Crippen molar-refractivity contribution in [1.82, 2.24) is 10.5 Å². The first kappa shape index (κ1) is 22.4. The summed E-state index contributed by atoms with van der Waals surface area (Å²) < 4.78 is 0. The molecule has 1 radical (unpaired) electrons. The quantitative estimate of drug-likeness (QED) is 0.470. The molecule has 0 unspecified atom stereocenters. The molecule has 0 aromatic rings. The van der Waals surface area contributed by atoms with Crippen LogP contribution >= 0.6 is 0 Å². The smallest absolute Gasteiger partial charge is 0.326 e. The van der Waals surface area contributed by atoms with Gasteiger partial charge in [-0.05, 0) is 0 Å². The molecular formula is C10H16N2O8Tb. The normalized spacial score (nSPS) is 9.62. The predicted molar refractivity (Wildman–Crippen MR) is 60.5 cm³/mol. The van der Waals surface area contributed by atoms with Gasteiger partial charge in [-0.3, -0.25) is 19.2 Å². The van der Waals surface area contributed by atoms with Crippen LogP contribution in [0.1, 0.15) is 27.7 Å². The van der Waals surface area contributed by atoms with Crippen LogP contribution in [-0.2, 0) is 38.5 Å². The SMILES string of the molecule is CC(=O)ON(CCN(OC(C)=O)OC(C)=O)OC(C)=O.[Tb]. The molecule has 0 aliphatic heterocycles. The fourth-order valence-electron chi connectivity index (χ4n) is 0.957. The zero-order chi connectivity index (χ0) is 15.7. The third-order valence-corrected chi connectivity index (χ3v) is 1.39. The zero-order valence-corrected chi connectivity index (χ0v) is 14.0. The van der Waals surface area contributed by atoms with E-state index >= 15 is 0 Å². The van der Waals surface area contributed by atoms with Crippen LogP contribution in [0.25, 0.3) is 0 Å². The number of carbonyl (C=O) groups excluding carboxylic acids is 4. The average molecular weight is 451 g/mol. The summed E-state index contributed by atoms with van der Waals surface area (Å²) in [5, 5.41) is 1.15. The van der Waals surface area contributed by atoms with Gasteiger partial charge in [-0.1, -0.05) is 0 Å². The summed E-state index contributed by atoms with van der Waals surface area (Å²) >= 11 is 0. The third-order valence-electron chi connectivity index (χ3n) is 1.39. The number of rotatable bonds is 7. The minimum Gasteiger partial charge on any atom is -0.333 e. The molecule has 0 fully saturated rings. The van der Waals surface area contributed by atoms with E-state index in [1.807, 2.05) is 0 Å². The van der Waals surface area contributed by atoms with Crippen molar-refractivity contribution in [3.8, 4) is 0 Å². The Bertz CT molecular complexity index is 321. The number of hydrogen-bond acceptors (Lipinski definition) is 10. The number of hydroxylamine groups is 4. The van der Waals surface area contributed by atoms with Crippen molar-refractivity contribution in [2.75, 3.05) is 13.1 Å². The number of carbonyl (C=O) groups is 4. The molecule has 21 heavy (non-hydrogen) atoms. The standard InChI is InChI=1S/C10H16N2O8.Tb/c1-7(13)17-11(18-8(2)14)5-6-12(19-9(3)15)20-10(4)16;/h5-6H2,1-4H3;. The van der Waals surface area contributed by atoms with Crippen molar-refractivity contribution in [2.24, 2.45) is 0 Å². The summed E-state index contributed by atoms with van der Waals surface area (Å²) in [6.07, 6.45) is 0. The summed E-state index contributed by atoms with van der Waals surface area (Å²) in [6.45, 7) is 3.97. The van der Waals surface area contributed by atoms with Crippen LogP contribution < -0.4 is 0 Å². The van der Waals surface area contributed by atoms with Crippen LogP contribution in [0.5, 0.6) is 0 Å². The minimum atomic E-state index is -0.724. The zero-order valence-electron chi connectivity index (χ0n) is 11.9. The van der Waals surface area contributed by atoms with Gasteiger partial charge in [-0.2, -0.15) is 0 Å². The molecule has 0 aliphatic carbocycles. The molecule has 0 bridgehead atoms. The van der Waals surface area contributed by atoms with Gasteiger partial charge in [0.2, 0.25) is 0 Å². The summed E-state index contributed by atoms with van der Waals surface area (Å²) in [5.41, 5.74) is 0. The van der Waals surface area contributed by atoms with Crippen LogP contribution in [0.4, 0.5) is 0 Å². The number of nitrogens with zero attached hydrogens (tertiary/aromatic N) is 2. The summed E-state index contributed by atoms with van der Waals surface area (Å²) in [4.78, 5) is 61.4. The van der Waals surface area contributed by atoms with Gasteiger partial charge in [-0.15, -0.1) is 0 Å². The second-order valence-corrected chi connectivity index (χ2v) is 3.44. The molecule has 0 aromatic carbocycles. The molecule has 10 nitrogen and oxygen atoms in total. The predicted octanol–water partition coefficient (Wildman–Crippen LogP) is -0.497. The first-order valence-corrected chi connectivity index (χ1v) is 5.50. The Kier molecular flexibility index (Phi) is 12.5. The van der Waals surface area contributed by atoms with E-state index in [1.54, 1.807) is 0 Å². The average Bonchev–Trinajstić information content (AvgIpc) is 2.22. The second-order valence-electron chi connectivity index (χ2n) is 3.44. The summed E-state index contributed by atoms with van der Waals surface area (Å²) in [6, 6.07) is 0. The monoisotopic (exact) mass is 451 g/mol. The Balaban J connectivity index is 0. The summed E-state index contributed by atoms with van der Waals surface area (Å²) in [5.74, 6) is -2.90. The third kappa shape index (κ3) is 13.8. The van der Waals surface area contributed by atoms with Gasteiger partial charge in [0.05, 0.1) is 13.1 Å². The van der Waals surface area contributed by atoms with E-state index in [0.717, 1.165) is 27.7 Å². The number of hydrogen-bond donors (Lipinski definition) is 0. The molecule has 0 rings (SSSR count). The summed E-state index contributed by atoms with van der Waals surface area (Å²) in [7, 11) is 0. The Morgan fingerprint density at radius 3 is 0.952 bits per heavy atom. The van der Waals surface area contributed by atoms with Crippen molar-refractivity contribution >= 4 is 23.9 Å². The Labute approximate surface area is 151 Å². The van der Waals surface area contributed by atoms with Gasteiger partial charge in [0.25, 0.3) is 0 Å². The van der Waals surface area contributed by atoms with E-state index in [-0.39, 0.29) is 51.7 Å². The van der Waals surface area contributed by atoms with E-state index in [0.29, 0.717) is 10.5 Å².